The van der Waals surface area contributed by atoms with Crippen molar-refractivity contribution >= 4 is 40.7 Å². The molecule has 6 rings (SSSR count). The molecule has 0 bridgehead atoms. The number of anilines is 2. The van der Waals surface area contributed by atoms with E-state index in [0.29, 0.717) is 47.9 Å². The number of ether oxygens (including phenoxy) is 1. The number of ketones is 2. The fraction of sp³-hybridized carbons (Fsp3) is 0.364. The molecule has 0 aromatic heterocycles. The van der Waals surface area contributed by atoms with Crippen molar-refractivity contribution in [1.82, 2.24) is 0 Å². The first kappa shape index (κ1) is 47.1. The van der Waals surface area contributed by atoms with E-state index in [1.54, 1.807) is 48.5 Å². The summed E-state index contributed by atoms with van der Waals surface area (Å²) in [6.07, 6.45) is 12.3. The lowest BCUT2D eigenvalue weighted by Crippen LogP contribution is -2.28. The largest absolute Gasteiger partial charge is 0.507 e. The first-order valence-electron chi connectivity index (χ1n) is 23.3. The molecule has 334 valence electrons. The van der Waals surface area contributed by atoms with Crippen LogP contribution in [0.5, 0.6) is 11.5 Å². The van der Waals surface area contributed by atoms with E-state index in [-0.39, 0.29) is 50.7 Å². The normalized spacial score (nSPS) is 11.8. The summed E-state index contributed by atoms with van der Waals surface area (Å²) in [6.45, 7) is 10.4. The molecule has 0 aliphatic heterocycles. The number of fused-ring (bicyclic) bond motifs is 2. The van der Waals surface area contributed by atoms with Crippen molar-refractivity contribution in [3.63, 3.8) is 0 Å². The Morgan fingerprint density at radius 2 is 0.828 bits per heavy atom. The summed E-state index contributed by atoms with van der Waals surface area (Å²) in [5.74, 6) is -3.68. The van der Waals surface area contributed by atoms with Gasteiger partial charge in [0.15, 0.2) is 5.78 Å². The molecule has 0 unspecified atom stereocenters. The van der Waals surface area contributed by atoms with E-state index in [1.807, 2.05) is 50.2 Å². The van der Waals surface area contributed by atoms with Crippen LogP contribution in [0.25, 0.3) is 0 Å². The van der Waals surface area contributed by atoms with Gasteiger partial charge in [0.1, 0.15) is 11.5 Å². The highest BCUT2D eigenvalue weighted by molar-refractivity contribution is 6.35. The highest BCUT2D eigenvalue weighted by Crippen LogP contribution is 2.46. The molecule has 5 aromatic rings. The Kier molecular flexibility index (Phi) is 16.4. The molecule has 64 heavy (non-hydrogen) atoms. The molecule has 0 radical (unpaired) electrons. The molecular weight excluding hydrogens is 801 g/mol. The average Bonchev–Trinajstić information content (AvgIpc) is 3.31. The molecule has 0 saturated heterocycles. The summed E-state index contributed by atoms with van der Waals surface area (Å²) >= 11 is 0. The van der Waals surface area contributed by atoms with Crippen LogP contribution in [0.15, 0.2) is 84.9 Å². The molecule has 3 N–H and O–H groups in total. The molecule has 5 aromatic carbocycles. The number of benzene rings is 5. The second-order valence-electron chi connectivity index (χ2n) is 16.9. The molecule has 1 aliphatic carbocycles. The van der Waals surface area contributed by atoms with E-state index in [1.165, 1.54) is 0 Å². The predicted molar refractivity (Wildman–Crippen MR) is 255 cm³/mol. The SMILES string of the molecule is CCCCc1ccc(C(=O)Nc2cc(CCCC)c(O)c3c2C(=O)c2c(NC(=O)c4ccc(CCCC)cc4)cc(CCCC)c(OC(=O)c4ccc(CCCC)cc4)c2C3=O)cc1. The van der Waals surface area contributed by atoms with E-state index in [9.17, 15) is 19.5 Å². The first-order valence-corrected chi connectivity index (χ1v) is 23.3. The summed E-state index contributed by atoms with van der Waals surface area (Å²) in [5.41, 5.74) is 4.26. The van der Waals surface area contributed by atoms with Gasteiger partial charge < -0.3 is 20.5 Å². The molecule has 0 spiro atoms. The molecule has 0 atom stereocenters. The number of carbonyl (C=O) groups excluding carboxylic acids is 5. The quantitative estimate of drug-likeness (QED) is 0.0372. The third-order valence-electron chi connectivity index (χ3n) is 12.0. The van der Waals surface area contributed by atoms with Crippen molar-refractivity contribution < 1.29 is 33.8 Å². The van der Waals surface area contributed by atoms with Crippen molar-refractivity contribution in [3.8, 4) is 11.5 Å². The third-order valence-corrected chi connectivity index (χ3v) is 12.0. The average molecular weight is 863 g/mol. The number of phenols is 1. The van der Waals surface area contributed by atoms with Gasteiger partial charge in [0, 0.05) is 11.1 Å². The smallest absolute Gasteiger partial charge is 0.343 e. The van der Waals surface area contributed by atoms with Gasteiger partial charge in [-0.15, -0.1) is 0 Å². The number of rotatable bonds is 21. The number of nitrogens with one attached hydrogen (secondary N) is 2. The maximum Gasteiger partial charge on any atom is 0.343 e. The maximum absolute atomic E-state index is 15.3. The standard InChI is InChI=1S/C55H62N2O7/c1-6-11-16-35-21-27-38(28-22-35)53(61)56-43-33-41(19-14-9-4)49(58)47-45(43)50(59)46-44(57-54(62)39-29-23-36(24-30-39)17-12-7-2)34-42(20-15-10-5)52(48(46)51(47)60)64-55(63)40-31-25-37(26-32-40)18-13-8-3/h21-34,58H,6-20H2,1-5H3,(H,56,61)(H,57,62). The predicted octanol–water partition coefficient (Wildman–Crippen LogP) is 12.6. The highest BCUT2D eigenvalue weighted by atomic mass is 16.5. The molecule has 0 heterocycles. The van der Waals surface area contributed by atoms with Crippen LogP contribution >= 0.6 is 0 Å². The number of unbranched alkanes of at least 4 members (excludes halogenated alkanes) is 5. The Balaban J connectivity index is 1.52. The lowest BCUT2D eigenvalue weighted by molar-refractivity contribution is 0.0729. The van der Waals surface area contributed by atoms with E-state index < -0.39 is 29.4 Å². The number of aromatic hydroxyl groups is 1. The monoisotopic (exact) mass is 862 g/mol. The van der Waals surface area contributed by atoms with E-state index in [2.05, 4.69) is 31.4 Å². The zero-order valence-electron chi connectivity index (χ0n) is 38.1. The summed E-state index contributed by atoms with van der Waals surface area (Å²) < 4.78 is 6.22. The van der Waals surface area contributed by atoms with Crippen LogP contribution in [0, 0.1) is 0 Å². The van der Waals surface area contributed by atoms with Gasteiger partial charge in [0.2, 0.25) is 5.78 Å². The van der Waals surface area contributed by atoms with Crippen LogP contribution in [0.1, 0.15) is 190 Å². The van der Waals surface area contributed by atoms with Crippen LogP contribution in [0.4, 0.5) is 11.4 Å². The van der Waals surface area contributed by atoms with Crippen molar-refractivity contribution in [2.45, 2.75) is 131 Å². The van der Waals surface area contributed by atoms with Gasteiger partial charge in [-0.2, -0.15) is 0 Å². The number of phenolic OH excluding ortho intramolecular Hbond substituents is 1. The van der Waals surface area contributed by atoms with Crippen LogP contribution in [-0.2, 0) is 32.1 Å². The fourth-order valence-corrected chi connectivity index (χ4v) is 8.17. The Hall–Kier alpha value is -6.35. The summed E-state index contributed by atoms with van der Waals surface area (Å²) in [6, 6.07) is 24.9. The molecule has 0 fully saturated rings. The van der Waals surface area contributed by atoms with Gasteiger partial charge in [-0.3, -0.25) is 19.2 Å². The molecule has 1 aliphatic rings. The Bertz CT molecular complexity index is 2480. The Labute approximate surface area is 378 Å². The van der Waals surface area contributed by atoms with Crippen LogP contribution < -0.4 is 15.4 Å². The van der Waals surface area contributed by atoms with Crippen LogP contribution in [-0.4, -0.2) is 34.5 Å². The second kappa shape index (κ2) is 22.3. The number of carbonyl (C=O) groups is 5. The first-order chi connectivity index (χ1) is 31.0. The van der Waals surface area contributed by atoms with E-state index >= 15 is 9.59 Å². The van der Waals surface area contributed by atoms with Crippen LogP contribution in [0.3, 0.4) is 0 Å². The lowest BCUT2D eigenvalue weighted by atomic mass is 9.78. The van der Waals surface area contributed by atoms with Gasteiger partial charge in [-0.1, -0.05) is 103 Å². The molecule has 9 nitrogen and oxygen atoms in total. The Morgan fingerprint density at radius 3 is 1.27 bits per heavy atom. The second-order valence-corrected chi connectivity index (χ2v) is 16.9. The molecule has 9 heteroatoms. The van der Waals surface area contributed by atoms with Gasteiger partial charge in [-0.25, -0.2) is 4.79 Å². The van der Waals surface area contributed by atoms with Gasteiger partial charge in [-0.05, 0) is 141 Å². The number of esters is 1. The fourth-order valence-electron chi connectivity index (χ4n) is 8.17. The van der Waals surface area contributed by atoms with Gasteiger partial charge in [0.25, 0.3) is 11.8 Å². The van der Waals surface area contributed by atoms with Crippen LogP contribution in [0.2, 0.25) is 0 Å². The van der Waals surface area contributed by atoms with Crippen molar-refractivity contribution in [2.75, 3.05) is 10.6 Å². The Morgan fingerprint density at radius 1 is 0.469 bits per heavy atom. The topological polar surface area (TPSA) is 139 Å². The third kappa shape index (κ3) is 10.9. The molecule has 0 saturated carbocycles. The number of aryl methyl sites for hydroxylation is 5. The maximum atomic E-state index is 15.3. The van der Waals surface area contributed by atoms with Gasteiger partial charge in [0.05, 0.1) is 39.2 Å². The number of hydrogen-bond acceptors (Lipinski definition) is 7. The lowest BCUT2D eigenvalue weighted by Gasteiger charge is -2.27. The summed E-state index contributed by atoms with van der Waals surface area (Å²) in [5, 5.41) is 17.8. The van der Waals surface area contributed by atoms with Crippen molar-refractivity contribution in [1.29, 1.82) is 0 Å². The molecular formula is C55H62N2O7. The minimum absolute atomic E-state index is 0.0553. The summed E-state index contributed by atoms with van der Waals surface area (Å²) in [4.78, 5) is 72.8. The number of amides is 2. The minimum Gasteiger partial charge on any atom is -0.507 e. The highest BCUT2D eigenvalue weighted by Gasteiger charge is 2.41. The zero-order chi connectivity index (χ0) is 45.8. The van der Waals surface area contributed by atoms with Gasteiger partial charge >= 0.3 is 5.97 Å². The van der Waals surface area contributed by atoms with E-state index in [0.717, 1.165) is 87.3 Å². The van der Waals surface area contributed by atoms with Crippen molar-refractivity contribution in [3.05, 3.63) is 152 Å². The minimum atomic E-state index is -0.761. The summed E-state index contributed by atoms with van der Waals surface area (Å²) in [7, 11) is 0. The van der Waals surface area contributed by atoms with E-state index in [4.69, 9.17) is 4.74 Å². The zero-order valence-corrected chi connectivity index (χ0v) is 38.1. The van der Waals surface area contributed by atoms with Crippen molar-refractivity contribution in [2.24, 2.45) is 0 Å². The number of hydrogen-bond donors (Lipinski definition) is 3. The molecule has 2 amide bonds.